The highest BCUT2D eigenvalue weighted by Crippen LogP contribution is 2.40. The molecular formula is C33H50N4O7. The summed E-state index contributed by atoms with van der Waals surface area (Å²) < 4.78 is 22.3. The fourth-order valence-corrected chi connectivity index (χ4v) is 5.21. The lowest BCUT2D eigenvalue weighted by Crippen LogP contribution is -2.44. The molecule has 0 aliphatic carbocycles. The van der Waals surface area contributed by atoms with Crippen molar-refractivity contribution in [2.75, 3.05) is 59.4 Å². The van der Waals surface area contributed by atoms with Gasteiger partial charge in [0, 0.05) is 43.9 Å². The number of hydrogen-bond acceptors (Lipinski definition) is 9. The van der Waals surface area contributed by atoms with E-state index in [2.05, 4.69) is 27.7 Å². The Morgan fingerprint density at radius 2 is 1.77 bits per heavy atom. The van der Waals surface area contributed by atoms with Crippen LogP contribution in [0.25, 0.3) is 0 Å². The van der Waals surface area contributed by atoms with Gasteiger partial charge in [-0.1, -0.05) is 26.8 Å². The molecule has 1 aliphatic heterocycles. The minimum atomic E-state index is -1.03. The van der Waals surface area contributed by atoms with Crippen molar-refractivity contribution < 1.29 is 33.6 Å². The fourth-order valence-electron chi connectivity index (χ4n) is 5.21. The van der Waals surface area contributed by atoms with Crippen LogP contribution >= 0.6 is 0 Å². The smallest absolute Gasteiger partial charge is 0.326 e. The number of nitrogens with one attached hydrogen (secondary N) is 2. The zero-order chi connectivity index (χ0) is 32.1. The first-order chi connectivity index (χ1) is 21.0. The van der Waals surface area contributed by atoms with E-state index in [1.807, 2.05) is 20.8 Å². The number of nitrogens with zero attached hydrogens (tertiary/aromatic N) is 2. The van der Waals surface area contributed by atoms with Gasteiger partial charge in [-0.15, -0.1) is 0 Å². The SMILES string of the molecule is COc1cc(OCCN(CCCCc2ccc3c(n2)NCCC3)CCC(NC(=O)CC(C)(C)C)C(=O)O)cc(OC)c1OC. The number of benzene rings is 1. The maximum atomic E-state index is 12.5. The summed E-state index contributed by atoms with van der Waals surface area (Å²) in [6, 6.07) is 6.83. The van der Waals surface area contributed by atoms with E-state index in [9.17, 15) is 14.7 Å². The van der Waals surface area contributed by atoms with Gasteiger partial charge in [0.05, 0.1) is 21.3 Å². The fraction of sp³-hybridized carbons (Fsp3) is 0.606. The van der Waals surface area contributed by atoms with Crippen molar-refractivity contribution in [1.82, 2.24) is 15.2 Å². The zero-order valence-corrected chi connectivity index (χ0v) is 27.2. The molecule has 0 radical (unpaired) electrons. The first-order valence-electron chi connectivity index (χ1n) is 15.4. The van der Waals surface area contributed by atoms with E-state index in [4.69, 9.17) is 23.9 Å². The van der Waals surface area contributed by atoms with Crippen molar-refractivity contribution >= 4 is 17.7 Å². The second kappa shape index (κ2) is 16.9. The molecule has 3 N–H and O–H groups in total. The normalized spacial score (nSPS) is 13.4. The van der Waals surface area contributed by atoms with Crippen LogP contribution in [0.3, 0.4) is 0 Å². The van der Waals surface area contributed by atoms with Crippen LogP contribution in [0.4, 0.5) is 5.82 Å². The predicted octanol–water partition coefficient (Wildman–Crippen LogP) is 4.56. The molecule has 1 unspecified atom stereocenters. The molecule has 244 valence electrons. The Balaban J connectivity index is 1.61. The number of rotatable bonds is 18. The number of unbranched alkanes of at least 4 members (excludes halogenated alkanes) is 1. The Morgan fingerprint density at radius 1 is 1.05 bits per heavy atom. The number of carboxylic acid groups (broad SMARTS) is 1. The van der Waals surface area contributed by atoms with Crippen LogP contribution in [0.15, 0.2) is 24.3 Å². The molecule has 1 aromatic carbocycles. The predicted molar refractivity (Wildman–Crippen MR) is 170 cm³/mol. The molecule has 0 spiro atoms. The number of aryl methyl sites for hydroxylation is 2. The highest BCUT2D eigenvalue weighted by molar-refractivity contribution is 5.83. The maximum absolute atomic E-state index is 12.5. The maximum Gasteiger partial charge on any atom is 0.326 e. The molecule has 3 rings (SSSR count). The Kier molecular flexibility index (Phi) is 13.4. The van der Waals surface area contributed by atoms with Gasteiger partial charge >= 0.3 is 5.97 Å². The number of fused-ring (bicyclic) bond motifs is 1. The van der Waals surface area contributed by atoms with Gasteiger partial charge in [-0.2, -0.15) is 0 Å². The molecule has 0 saturated heterocycles. The van der Waals surface area contributed by atoms with Gasteiger partial charge in [0.2, 0.25) is 11.7 Å². The third-order valence-corrected chi connectivity index (χ3v) is 7.48. The summed E-state index contributed by atoms with van der Waals surface area (Å²) in [5.74, 6) is 1.78. The van der Waals surface area contributed by atoms with Crippen molar-refractivity contribution in [3.63, 3.8) is 0 Å². The summed E-state index contributed by atoms with van der Waals surface area (Å²) in [6.45, 7) is 9.00. The van der Waals surface area contributed by atoms with Crippen LogP contribution in [0.1, 0.15) is 64.1 Å². The van der Waals surface area contributed by atoms with E-state index in [1.54, 1.807) is 33.5 Å². The monoisotopic (exact) mass is 614 g/mol. The lowest BCUT2D eigenvalue weighted by atomic mass is 9.92. The average Bonchev–Trinajstić information content (AvgIpc) is 2.99. The van der Waals surface area contributed by atoms with E-state index >= 15 is 0 Å². The Bertz CT molecular complexity index is 1210. The second-order valence-corrected chi connectivity index (χ2v) is 12.3. The largest absolute Gasteiger partial charge is 0.493 e. The summed E-state index contributed by atoms with van der Waals surface area (Å²) in [4.78, 5) is 31.5. The molecule has 11 nitrogen and oxygen atoms in total. The van der Waals surface area contributed by atoms with Crippen molar-refractivity contribution in [2.24, 2.45) is 5.41 Å². The number of pyridine rings is 1. The molecule has 2 heterocycles. The number of carbonyl (C=O) groups excluding carboxylic acids is 1. The van der Waals surface area contributed by atoms with E-state index in [-0.39, 0.29) is 24.2 Å². The average molecular weight is 615 g/mol. The highest BCUT2D eigenvalue weighted by Gasteiger charge is 2.24. The number of hydrogen-bond donors (Lipinski definition) is 3. The van der Waals surface area contributed by atoms with Crippen molar-refractivity contribution in [3.05, 3.63) is 35.5 Å². The van der Waals surface area contributed by atoms with Gasteiger partial charge in [0.1, 0.15) is 24.2 Å². The number of anilines is 1. The lowest BCUT2D eigenvalue weighted by Gasteiger charge is -2.25. The van der Waals surface area contributed by atoms with Crippen molar-refractivity contribution in [1.29, 1.82) is 0 Å². The van der Waals surface area contributed by atoms with Crippen LogP contribution in [0.2, 0.25) is 0 Å². The number of carboxylic acids is 1. The lowest BCUT2D eigenvalue weighted by molar-refractivity contribution is -0.142. The van der Waals surface area contributed by atoms with Crippen molar-refractivity contribution in [2.45, 2.75) is 71.8 Å². The third-order valence-electron chi connectivity index (χ3n) is 7.48. The van der Waals surface area contributed by atoms with Gasteiger partial charge in [-0.05, 0) is 62.1 Å². The first-order valence-corrected chi connectivity index (χ1v) is 15.4. The molecule has 0 bridgehead atoms. The minimum absolute atomic E-state index is 0.230. The molecular weight excluding hydrogens is 564 g/mol. The number of carbonyl (C=O) groups is 2. The van der Waals surface area contributed by atoms with Gasteiger partial charge in [0.25, 0.3) is 0 Å². The molecule has 0 fully saturated rings. The molecule has 1 atom stereocenters. The van der Waals surface area contributed by atoms with Crippen LogP contribution in [-0.2, 0) is 22.4 Å². The number of aliphatic carboxylic acids is 1. The van der Waals surface area contributed by atoms with Crippen LogP contribution in [0.5, 0.6) is 23.0 Å². The van der Waals surface area contributed by atoms with E-state index in [0.717, 1.165) is 56.7 Å². The molecule has 1 amide bonds. The molecule has 1 aliphatic rings. The summed E-state index contributed by atoms with van der Waals surface area (Å²) in [5.41, 5.74) is 2.12. The van der Waals surface area contributed by atoms with E-state index < -0.39 is 12.0 Å². The summed E-state index contributed by atoms with van der Waals surface area (Å²) >= 11 is 0. The Hall–Kier alpha value is -3.73. The van der Waals surface area contributed by atoms with Gasteiger partial charge < -0.3 is 34.7 Å². The quantitative estimate of drug-likeness (QED) is 0.205. The second-order valence-electron chi connectivity index (χ2n) is 12.3. The van der Waals surface area contributed by atoms with Crippen LogP contribution in [-0.4, -0.2) is 87.0 Å². The number of methoxy groups -OCH3 is 3. The standard InChI is InChI=1S/C33H50N4O7/c1-33(2,3)22-29(38)36-26(32(39)40)14-17-37(16-8-7-11-24-13-12-23-10-9-15-34-31(23)35-24)18-19-44-25-20-27(41-4)30(43-6)28(21-25)42-5/h12-13,20-21,26H,7-11,14-19,22H2,1-6H3,(H,34,35)(H,36,38)(H,39,40). The van der Waals surface area contributed by atoms with E-state index in [1.165, 1.54) is 5.56 Å². The highest BCUT2D eigenvalue weighted by atomic mass is 16.5. The van der Waals surface area contributed by atoms with Crippen LogP contribution < -0.4 is 29.6 Å². The Morgan fingerprint density at radius 3 is 2.41 bits per heavy atom. The molecule has 11 heteroatoms. The number of aromatic nitrogens is 1. The molecule has 1 aromatic heterocycles. The molecule has 0 saturated carbocycles. The topological polar surface area (TPSA) is 131 Å². The zero-order valence-electron chi connectivity index (χ0n) is 27.2. The van der Waals surface area contributed by atoms with Gasteiger partial charge in [-0.3, -0.25) is 9.69 Å². The third kappa shape index (κ3) is 11.1. The number of ether oxygens (including phenoxy) is 4. The summed E-state index contributed by atoms with van der Waals surface area (Å²) in [5, 5.41) is 15.9. The van der Waals surface area contributed by atoms with Gasteiger partial charge in [0.15, 0.2) is 11.5 Å². The van der Waals surface area contributed by atoms with Gasteiger partial charge in [-0.25, -0.2) is 9.78 Å². The first kappa shape index (κ1) is 34.8. The van der Waals surface area contributed by atoms with Crippen molar-refractivity contribution in [3.8, 4) is 23.0 Å². The number of amides is 1. The summed E-state index contributed by atoms with van der Waals surface area (Å²) in [7, 11) is 4.66. The minimum Gasteiger partial charge on any atom is -0.493 e. The molecule has 44 heavy (non-hydrogen) atoms. The van der Waals surface area contributed by atoms with Crippen LogP contribution in [0, 0.1) is 5.41 Å². The Labute approximate surface area is 261 Å². The molecule has 2 aromatic rings. The van der Waals surface area contributed by atoms with E-state index in [0.29, 0.717) is 42.7 Å². The summed E-state index contributed by atoms with van der Waals surface area (Å²) in [6.07, 6.45) is 5.46.